The number of aromatic hydroxyl groups is 1. The Morgan fingerprint density at radius 1 is 1.30 bits per heavy atom. The van der Waals surface area contributed by atoms with E-state index in [1.807, 2.05) is 6.92 Å². The minimum atomic E-state index is -0.953. The van der Waals surface area contributed by atoms with Crippen LogP contribution in [0.15, 0.2) is 41.2 Å². The van der Waals surface area contributed by atoms with Gasteiger partial charge in [0.05, 0.1) is 12.2 Å². The van der Waals surface area contributed by atoms with Crippen LogP contribution < -0.4 is 5.32 Å². The number of carbonyl (C=O) groups excluding carboxylic acids is 1. The van der Waals surface area contributed by atoms with E-state index in [1.54, 1.807) is 24.4 Å². The monoisotopic (exact) mass is 318 g/mol. The molecule has 1 aliphatic heterocycles. The third kappa shape index (κ3) is 4.17. The van der Waals surface area contributed by atoms with Gasteiger partial charge in [-0.1, -0.05) is 25.5 Å². The normalized spacial score (nSPS) is 19.4. The van der Waals surface area contributed by atoms with E-state index < -0.39 is 11.9 Å². The van der Waals surface area contributed by atoms with Crippen LogP contribution in [-0.4, -0.2) is 46.0 Å². The van der Waals surface area contributed by atoms with Crippen LogP contribution in [0, 0.1) is 0 Å². The molecule has 1 atom stereocenters. The molecule has 0 spiro atoms. The lowest BCUT2D eigenvalue weighted by Gasteiger charge is -2.25. The van der Waals surface area contributed by atoms with Crippen molar-refractivity contribution in [3.63, 3.8) is 0 Å². The smallest absolute Gasteiger partial charge is 0.360 e. The first-order valence-corrected chi connectivity index (χ1v) is 7.41. The standard InChI is InChI=1S/C16H19N3O4/c1-2-3-8-19(10-15(21)22)9-13(17-11-19)16(23)18-12-6-4-5-7-14(12)20/h4-7,9,11H,2-3,8,10H2,1H3,(H2-,18,20,21,22,23)/p+1. The van der Waals surface area contributed by atoms with Gasteiger partial charge in [0, 0.05) is 0 Å². The number of quaternary nitrogens is 1. The van der Waals surface area contributed by atoms with Crippen molar-refractivity contribution >= 4 is 23.9 Å². The number of amides is 1. The number of hydrogen-bond donors (Lipinski definition) is 3. The van der Waals surface area contributed by atoms with E-state index in [1.165, 1.54) is 12.4 Å². The zero-order valence-corrected chi connectivity index (χ0v) is 12.9. The molecule has 7 nitrogen and oxygen atoms in total. The van der Waals surface area contributed by atoms with Crippen LogP contribution in [-0.2, 0) is 9.59 Å². The number of unbranched alkanes of at least 4 members (excludes halogenated alkanes) is 1. The Morgan fingerprint density at radius 2 is 2.04 bits per heavy atom. The second-order valence-corrected chi connectivity index (χ2v) is 5.46. The Labute approximate surface area is 134 Å². The average molecular weight is 318 g/mol. The summed E-state index contributed by atoms with van der Waals surface area (Å²) in [6, 6.07) is 6.38. The minimum absolute atomic E-state index is 0.0205. The quantitative estimate of drug-likeness (QED) is 0.528. The topological polar surface area (TPSA) is 99.0 Å². The first-order valence-electron chi connectivity index (χ1n) is 7.41. The van der Waals surface area contributed by atoms with Crippen molar-refractivity contribution in [1.82, 2.24) is 0 Å². The van der Waals surface area contributed by atoms with Gasteiger partial charge >= 0.3 is 5.97 Å². The van der Waals surface area contributed by atoms with Crippen LogP contribution in [0.5, 0.6) is 5.75 Å². The summed E-state index contributed by atoms with van der Waals surface area (Å²) >= 11 is 0. The van der Waals surface area contributed by atoms with Gasteiger partial charge in [-0.3, -0.25) is 4.79 Å². The van der Waals surface area contributed by atoms with E-state index in [4.69, 9.17) is 5.11 Å². The van der Waals surface area contributed by atoms with Gasteiger partial charge in [0.25, 0.3) is 5.91 Å². The zero-order chi connectivity index (χ0) is 16.9. The van der Waals surface area contributed by atoms with Crippen LogP contribution in [0.2, 0.25) is 0 Å². The molecule has 0 aliphatic carbocycles. The van der Waals surface area contributed by atoms with Crippen LogP contribution in [0.4, 0.5) is 5.69 Å². The molecule has 2 rings (SSSR count). The highest BCUT2D eigenvalue weighted by molar-refractivity contribution is 6.05. The molecule has 1 aromatic rings. The van der Waals surface area contributed by atoms with Crippen molar-refractivity contribution in [3.8, 4) is 5.75 Å². The average Bonchev–Trinajstić information content (AvgIpc) is 2.91. The molecule has 0 saturated carbocycles. The third-order valence-corrected chi connectivity index (χ3v) is 3.55. The molecule has 1 aliphatic rings. The third-order valence-electron chi connectivity index (χ3n) is 3.55. The summed E-state index contributed by atoms with van der Waals surface area (Å²) in [5, 5.41) is 21.4. The Kier molecular flexibility index (Phi) is 5.13. The molecular weight excluding hydrogens is 298 g/mol. The van der Waals surface area contributed by atoms with E-state index in [0.717, 1.165) is 12.8 Å². The van der Waals surface area contributed by atoms with Crippen molar-refractivity contribution in [1.29, 1.82) is 0 Å². The Morgan fingerprint density at radius 3 is 2.70 bits per heavy atom. The lowest BCUT2D eigenvalue weighted by atomic mass is 10.2. The van der Waals surface area contributed by atoms with Gasteiger partial charge in [-0.2, -0.15) is 4.99 Å². The number of nitrogens with zero attached hydrogens (tertiary/aromatic N) is 2. The zero-order valence-electron chi connectivity index (χ0n) is 12.9. The maximum absolute atomic E-state index is 12.3. The van der Waals surface area contributed by atoms with Gasteiger partial charge in [-0.25, -0.2) is 9.28 Å². The number of carboxylic acid groups (broad SMARTS) is 1. The predicted molar refractivity (Wildman–Crippen MR) is 85.8 cm³/mol. The van der Waals surface area contributed by atoms with E-state index >= 15 is 0 Å². The second-order valence-electron chi connectivity index (χ2n) is 5.46. The summed E-state index contributed by atoms with van der Waals surface area (Å²) in [4.78, 5) is 27.4. The summed E-state index contributed by atoms with van der Waals surface area (Å²) in [7, 11) is 0. The molecule has 1 aromatic carbocycles. The molecule has 1 unspecified atom stereocenters. The lowest BCUT2D eigenvalue weighted by molar-refractivity contribution is -0.771. The predicted octanol–water partition coefficient (Wildman–Crippen LogP) is 1.92. The van der Waals surface area contributed by atoms with Crippen LogP contribution in [0.25, 0.3) is 0 Å². The van der Waals surface area contributed by atoms with E-state index in [0.29, 0.717) is 6.54 Å². The van der Waals surface area contributed by atoms with Gasteiger partial charge in [0.2, 0.25) is 0 Å². The van der Waals surface area contributed by atoms with Crippen molar-refractivity contribution in [3.05, 3.63) is 36.2 Å². The number of hydrogen-bond acceptors (Lipinski definition) is 4. The SMILES string of the molecule is CCCC[N+]1(CC(=O)O)C=NC(C(=O)Nc2ccccc2O)=C1. The molecule has 0 aromatic heterocycles. The number of para-hydroxylation sites is 2. The molecule has 0 radical (unpaired) electrons. The fraction of sp³-hybridized carbons (Fsp3) is 0.312. The maximum atomic E-state index is 12.3. The number of rotatable bonds is 7. The highest BCUT2D eigenvalue weighted by Crippen LogP contribution is 2.24. The van der Waals surface area contributed by atoms with Gasteiger partial charge < -0.3 is 15.5 Å². The van der Waals surface area contributed by atoms with Crippen LogP contribution >= 0.6 is 0 Å². The first kappa shape index (κ1) is 16.7. The van der Waals surface area contributed by atoms with Crippen molar-refractivity contribution in [2.24, 2.45) is 4.99 Å². The van der Waals surface area contributed by atoms with Gasteiger partial charge in [0.15, 0.2) is 18.6 Å². The van der Waals surface area contributed by atoms with E-state index in [2.05, 4.69) is 10.3 Å². The number of aliphatic carboxylic acids is 1. The largest absolute Gasteiger partial charge is 0.506 e. The Hall–Kier alpha value is -2.67. The lowest BCUT2D eigenvalue weighted by Crippen LogP contribution is -2.44. The summed E-state index contributed by atoms with van der Waals surface area (Å²) < 4.78 is 0.0205. The highest BCUT2D eigenvalue weighted by atomic mass is 16.4. The number of phenols is 1. The van der Waals surface area contributed by atoms with Gasteiger partial charge in [-0.15, -0.1) is 0 Å². The van der Waals surface area contributed by atoms with Gasteiger partial charge in [-0.05, 0) is 18.6 Å². The number of aliphatic imine (C=N–C) groups is 1. The summed E-state index contributed by atoms with van der Waals surface area (Å²) in [5.41, 5.74) is 0.427. The molecule has 0 fully saturated rings. The molecule has 0 bridgehead atoms. The number of carboxylic acids is 1. The second kappa shape index (κ2) is 7.06. The maximum Gasteiger partial charge on any atom is 0.360 e. The van der Waals surface area contributed by atoms with E-state index in [-0.39, 0.29) is 28.2 Å². The molecule has 1 amide bonds. The number of benzene rings is 1. The molecule has 23 heavy (non-hydrogen) atoms. The number of nitrogens with one attached hydrogen (secondary N) is 1. The summed E-state index contributed by atoms with van der Waals surface area (Å²) in [6.07, 6.45) is 4.79. The number of phenolic OH excluding ortho intramolecular Hbond substituents is 1. The van der Waals surface area contributed by atoms with Crippen LogP contribution in [0.3, 0.4) is 0 Å². The summed E-state index contributed by atoms with van der Waals surface area (Å²) in [6.45, 7) is 2.43. The van der Waals surface area contributed by atoms with Crippen molar-refractivity contribution in [2.45, 2.75) is 19.8 Å². The Bertz CT molecular complexity index is 669. The molecule has 122 valence electrons. The molecule has 3 N–H and O–H groups in total. The molecular formula is C16H20N3O4+. The van der Waals surface area contributed by atoms with Crippen molar-refractivity contribution in [2.75, 3.05) is 18.4 Å². The fourth-order valence-electron chi connectivity index (χ4n) is 2.36. The molecule has 1 heterocycles. The number of carbonyl (C=O) groups is 2. The van der Waals surface area contributed by atoms with Crippen molar-refractivity contribution < 1.29 is 24.3 Å². The van der Waals surface area contributed by atoms with Gasteiger partial charge in [0.1, 0.15) is 11.9 Å². The molecule has 0 saturated heterocycles. The Balaban J connectivity index is 2.16. The highest BCUT2D eigenvalue weighted by Gasteiger charge is 2.34. The summed E-state index contributed by atoms with van der Waals surface area (Å²) in [5.74, 6) is -1.48. The first-order chi connectivity index (χ1) is 11.0. The minimum Gasteiger partial charge on any atom is -0.506 e. The number of anilines is 1. The van der Waals surface area contributed by atoms with Crippen LogP contribution in [0.1, 0.15) is 19.8 Å². The fourth-order valence-corrected chi connectivity index (χ4v) is 2.36. The molecule has 7 heteroatoms. The van der Waals surface area contributed by atoms with E-state index in [9.17, 15) is 14.7 Å².